The Kier molecular flexibility index (Phi) is 5.56. The smallest absolute Gasteiger partial charge is 0.223 e. The zero-order valence-electron chi connectivity index (χ0n) is 17.4. The van der Waals surface area contributed by atoms with Crippen LogP contribution in [0, 0.1) is 19.8 Å². The fourth-order valence-electron chi connectivity index (χ4n) is 4.86. The maximum absolute atomic E-state index is 13.2. The van der Waals surface area contributed by atoms with Gasteiger partial charge in [0.2, 0.25) is 5.91 Å². The summed E-state index contributed by atoms with van der Waals surface area (Å²) in [7, 11) is 1.93. The quantitative estimate of drug-likeness (QED) is 0.765. The molecular weight excluding hydrogens is 352 g/mol. The molecule has 1 atom stereocenters. The number of amides is 1. The van der Waals surface area contributed by atoms with Gasteiger partial charge >= 0.3 is 0 Å². The molecule has 152 valence electrons. The van der Waals surface area contributed by atoms with Crippen molar-refractivity contribution in [3.05, 3.63) is 23.1 Å². The van der Waals surface area contributed by atoms with Gasteiger partial charge in [0.1, 0.15) is 0 Å². The van der Waals surface area contributed by atoms with E-state index in [0.717, 1.165) is 54.1 Å². The van der Waals surface area contributed by atoms with Crippen molar-refractivity contribution in [2.24, 2.45) is 13.0 Å². The Morgan fingerprint density at radius 1 is 1.14 bits per heavy atom. The molecule has 0 spiro atoms. The molecule has 0 unspecified atom stereocenters. The number of carbonyl (C=O) groups excluding carboxylic acids is 1. The van der Waals surface area contributed by atoms with Gasteiger partial charge in [-0.3, -0.25) is 9.48 Å². The lowest BCUT2D eigenvalue weighted by Crippen LogP contribution is -2.39. The molecule has 1 aliphatic carbocycles. The molecule has 6 heteroatoms. The second-order valence-corrected chi connectivity index (χ2v) is 8.63. The van der Waals surface area contributed by atoms with Crippen LogP contribution in [-0.4, -0.2) is 32.3 Å². The number of rotatable bonds is 4. The Morgan fingerprint density at radius 2 is 1.89 bits per heavy atom. The first kappa shape index (κ1) is 19.2. The number of carbonyl (C=O) groups is 1. The highest BCUT2D eigenvalue weighted by atomic mass is 16.5. The van der Waals surface area contributed by atoms with E-state index >= 15 is 0 Å². The molecule has 3 heterocycles. The summed E-state index contributed by atoms with van der Waals surface area (Å²) in [5.41, 5.74) is 3.88. The number of likely N-dealkylation sites (tertiary alicyclic amines) is 1. The van der Waals surface area contributed by atoms with Crippen molar-refractivity contribution in [1.82, 2.24) is 19.8 Å². The third-order valence-electron chi connectivity index (χ3n) is 6.59. The minimum atomic E-state index is 0.0332. The van der Waals surface area contributed by atoms with Crippen molar-refractivity contribution in [3.8, 4) is 11.3 Å². The second kappa shape index (κ2) is 8.10. The van der Waals surface area contributed by atoms with E-state index in [4.69, 9.17) is 9.62 Å². The number of piperidine rings is 1. The van der Waals surface area contributed by atoms with E-state index in [1.807, 2.05) is 31.8 Å². The van der Waals surface area contributed by atoms with Crippen molar-refractivity contribution in [1.29, 1.82) is 0 Å². The Balaban J connectivity index is 1.61. The van der Waals surface area contributed by atoms with E-state index in [2.05, 4.69) is 10.1 Å². The molecule has 2 aromatic rings. The van der Waals surface area contributed by atoms with Gasteiger partial charge in [-0.1, -0.05) is 24.4 Å². The summed E-state index contributed by atoms with van der Waals surface area (Å²) in [4.78, 5) is 15.3. The number of aromatic nitrogens is 3. The van der Waals surface area contributed by atoms with Crippen molar-refractivity contribution in [2.45, 2.75) is 77.7 Å². The molecule has 28 heavy (non-hydrogen) atoms. The first-order valence-electron chi connectivity index (χ1n) is 10.8. The zero-order valence-corrected chi connectivity index (χ0v) is 17.4. The van der Waals surface area contributed by atoms with Gasteiger partial charge in [0, 0.05) is 31.8 Å². The van der Waals surface area contributed by atoms with Gasteiger partial charge in [0.25, 0.3) is 0 Å². The zero-order chi connectivity index (χ0) is 19.7. The molecule has 2 aliphatic rings. The van der Waals surface area contributed by atoms with Crippen LogP contribution in [0.15, 0.2) is 10.7 Å². The molecule has 4 rings (SSSR count). The first-order valence-corrected chi connectivity index (χ1v) is 10.8. The van der Waals surface area contributed by atoms with Crippen LogP contribution in [0.5, 0.6) is 0 Å². The molecule has 0 N–H and O–H groups in total. The summed E-state index contributed by atoms with van der Waals surface area (Å²) < 4.78 is 7.47. The molecule has 1 saturated heterocycles. The van der Waals surface area contributed by atoms with Crippen LogP contribution in [0.2, 0.25) is 0 Å². The molecule has 6 nitrogen and oxygen atoms in total. The molecule has 1 aliphatic heterocycles. The minimum Gasteiger partial charge on any atom is -0.356 e. The van der Waals surface area contributed by atoms with Gasteiger partial charge < -0.3 is 9.42 Å². The predicted octanol–water partition coefficient (Wildman–Crippen LogP) is 4.72. The molecule has 0 bridgehead atoms. The number of aryl methyl sites for hydroxylation is 2. The second-order valence-electron chi connectivity index (χ2n) is 8.63. The maximum Gasteiger partial charge on any atom is 0.223 e. The van der Waals surface area contributed by atoms with E-state index < -0.39 is 0 Å². The van der Waals surface area contributed by atoms with E-state index in [1.54, 1.807) is 0 Å². The highest BCUT2D eigenvalue weighted by Crippen LogP contribution is 2.38. The Morgan fingerprint density at radius 3 is 2.61 bits per heavy atom. The Bertz CT molecular complexity index is 832. The van der Waals surface area contributed by atoms with Crippen molar-refractivity contribution < 1.29 is 9.32 Å². The SMILES string of the molecule is Cc1noc(-c2cn(C)nc2[C@H]2CCCCN2C(=O)CC2CCCCC2)c1C. The summed E-state index contributed by atoms with van der Waals surface area (Å²) in [6, 6.07) is 0.0332. The fourth-order valence-corrected chi connectivity index (χ4v) is 4.86. The highest BCUT2D eigenvalue weighted by Gasteiger charge is 2.34. The highest BCUT2D eigenvalue weighted by molar-refractivity contribution is 5.77. The third kappa shape index (κ3) is 3.74. The van der Waals surface area contributed by atoms with Crippen LogP contribution in [0.1, 0.15) is 80.8 Å². The number of hydrogen-bond donors (Lipinski definition) is 0. The van der Waals surface area contributed by atoms with Gasteiger partial charge in [0.05, 0.1) is 23.0 Å². The third-order valence-corrected chi connectivity index (χ3v) is 6.59. The summed E-state index contributed by atoms with van der Waals surface area (Å²) in [5.74, 6) is 1.65. The van der Waals surface area contributed by atoms with Crippen molar-refractivity contribution in [2.75, 3.05) is 6.54 Å². The van der Waals surface area contributed by atoms with Gasteiger partial charge in [-0.15, -0.1) is 0 Å². The molecule has 1 amide bonds. The summed E-state index contributed by atoms with van der Waals surface area (Å²) in [5, 5.41) is 8.90. The van der Waals surface area contributed by atoms with Gasteiger partial charge in [-0.25, -0.2) is 0 Å². The maximum atomic E-state index is 13.2. The largest absolute Gasteiger partial charge is 0.356 e. The Hall–Kier alpha value is -2.11. The molecule has 1 saturated carbocycles. The van der Waals surface area contributed by atoms with Gasteiger partial charge in [-0.2, -0.15) is 5.10 Å². The number of hydrogen-bond acceptors (Lipinski definition) is 4. The standard InChI is InChI=1S/C22H32N4O2/c1-15-16(2)24-28-22(15)18-14-25(3)23-21(18)19-11-7-8-12-26(19)20(27)13-17-9-5-4-6-10-17/h14,17,19H,4-13H2,1-3H3/t19-/m1/s1. The van der Waals surface area contributed by atoms with Gasteiger partial charge in [-0.05, 0) is 51.9 Å². The normalized spacial score (nSPS) is 21.2. The van der Waals surface area contributed by atoms with Crippen LogP contribution < -0.4 is 0 Å². The van der Waals surface area contributed by atoms with Gasteiger partial charge in [0.15, 0.2) is 5.76 Å². The van der Waals surface area contributed by atoms with Crippen LogP contribution in [0.25, 0.3) is 11.3 Å². The lowest BCUT2D eigenvalue weighted by molar-refractivity contribution is -0.136. The summed E-state index contributed by atoms with van der Waals surface area (Å²) >= 11 is 0. The average Bonchev–Trinajstić information content (AvgIpc) is 3.25. The van der Waals surface area contributed by atoms with Crippen LogP contribution in [-0.2, 0) is 11.8 Å². The van der Waals surface area contributed by atoms with E-state index in [9.17, 15) is 4.79 Å². The first-order chi connectivity index (χ1) is 13.5. The summed E-state index contributed by atoms with van der Waals surface area (Å²) in [6.07, 6.45) is 12.1. The number of nitrogens with zero attached hydrogens (tertiary/aromatic N) is 4. The lowest BCUT2D eigenvalue weighted by atomic mass is 9.86. The molecule has 2 aromatic heterocycles. The van der Waals surface area contributed by atoms with Crippen molar-refractivity contribution >= 4 is 5.91 Å². The summed E-state index contributed by atoms with van der Waals surface area (Å²) in [6.45, 7) is 4.82. The molecule has 0 radical (unpaired) electrons. The minimum absolute atomic E-state index is 0.0332. The molecule has 0 aromatic carbocycles. The molecular formula is C22H32N4O2. The Labute approximate surface area is 167 Å². The van der Waals surface area contributed by atoms with E-state index in [-0.39, 0.29) is 6.04 Å². The predicted molar refractivity (Wildman–Crippen MR) is 108 cm³/mol. The van der Waals surface area contributed by atoms with Crippen LogP contribution >= 0.6 is 0 Å². The van der Waals surface area contributed by atoms with E-state index in [1.165, 1.54) is 32.1 Å². The molecule has 2 fully saturated rings. The lowest BCUT2D eigenvalue weighted by Gasteiger charge is -2.36. The van der Waals surface area contributed by atoms with Crippen molar-refractivity contribution in [3.63, 3.8) is 0 Å². The van der Waals surface area contributed by atoms with Crippen LogP contribution in [0.4, 0.5) is 0 Å². The average molecular weight is 385 g/mol. The van der Waals surface area contributed by atoms with Crippen LogP contribution in [0.3, 0.4) is 0 Å². The topological polar surface area (TPSA) is 64.2 Å². The van der Waals surface area contributed by atoms with E-state index in [0.29, 0.717) is 18.2 Å². The fraction of sp³-hybridized carbons (Fsp3) is 0.682. The monoisotopic (exact) mass is 384 g/mol.